The first-order valence-electron chi connectivity index (χ1n) is 6.41. The molecule has 0 aliphatic carbocycles. The fourth-order valence-corrected chi connectivity index (χ4v) is 2.06. The lowest BCUT2D eigenvalue weighted by atomic mass is 10.00. The number of para-hydroxylation sites is 1. The van der Waals surface area contributed by atoms with E-state index >= 15 is 0 Å². The number of hydrogen-bond acceptors (Lipinski definition) is 3. The topological polar surface area (TPSA) is 38.7 Å². The normalized spacial score (nSPS) is 12.0. The molecule has 0 saturated heterocycles. The fraction of sp³-hybridized carbons (Fsp3) is 0.250. The Balaban J connectivity index is 2.44. The Bertz CT molecular complexity index is 584. The number of aliphatic hydroxyl groups is 1. The highest BCUT2D eigenvalue weighted by atomic mass is 19.1. The summed E-state index contributed by atoms with van der Waals surface area (Å²) in [6.07, 6.45) is -1.10. The van der Waals surface area contributed by atoms with Gasteiger partial charge in [0.1, 0.15) is 11.9 Å². The van der Waals surface area contributed by atoms with Gasteiger partial charge in [-0.25, -0.2) is 4.39 Å². The second-order valence-corrected chi connectivity index (χ2v) is 4.24. The van der Waals surface area contributed by atoms with Crippen molar-refractivity contribution in [3.63, 3.8) is 0 Å². The van der Waals surface area contributed by atoms with Gasteiger partial charge in [0, 0.05) is 11.1 Å². The molecule has 0 saturated carbocycles. The van der Waals surface area contributed by atoms with E-state index in [-0.39, 0.29) is 11.3 Å². The molecule has 106 valence electrons. The fourth-order valence-electron chi connectivity index (χ4n) is 2.06. The van der Waals surface area contributed by atoms with Crippen LogP contribution in [-0.2, 0) is 0 Å². The second kappa shape index (κ2) is 6.39. The van der Waals surface area contributed by atoms with Crippen molar-refractivity contribution in [3.8, 4) is 11.5 Å². The van der Waals surface area contributed by atoms with Crippen LogP contribution >= 0.6 is 0 Å². The Morgan fingerprint density at radius 3 is 2.40 bits per heavy atom. The Morgan fingerprint density at radius 1 is 1.05 bits per heavy atom. The summed E-state index contributed by atoms with van der Waals surface area (Å²) in [6.45, 7) is 2.33. The van der Waals surface area contributed by atoms with Crippen molar-refractivity contribution in [3.05, 3.63) is 59.4 Å². The number of ether oxygens (including phenoxy) is 2. The Kier molecular flexibility index (Phi) is 4.58. The van der Waals surface area contributed by atoms with Gasteiger partial charge in [0.25, 0.3) is 0 Å². The first-order chi connectivity index (χ1) is 9.69. The van der Waals surface area contributed by atoms with Gasteiger partial charge in [0.2, 0.25) is 0 Å². The molecule has 0 aliphatic heterocycles. The number of methoxy groups -OCH3 is 1. The Morgan fingerprint density at radius 2 is 1.70 bits per heavy atom. The highest BCUT2D eigenvalue weighted by Gasteiger charge is 2.20. The number of rotatable bonds is 5. The molecule has 0 aliphatic rings. The van der Waals surface area contributed by atoms with Crippen LogP contribution in [0.5, 0.6) is 11.5 Å². The van der Waals surface area contributed by atoms with Crippen molar-refractivity contribution < 1.29 is 19.0 Å². The molecule has 1 atom stereocenters. The second-order valence-electron chi connectivity index (χ2n) is 4.24. The zero-order chi connectivity index (χ0) is 14.5. The van der Waals surface area contributed by atoms with Crippen LogP contribution in [0.1, 0.15) is 24.2 Å². The van der Waals surface area contributed by atoms with Crippen molar-refractivity contribution in [1.29, 1.82) is 0 Å². The van der Waals surface area contributed by atoms with Crippen molar-refractivity contribution in [2.75, 3.05) is 13.7 Å². The van der Waals surface area contributed by atoms with Gasteiger partial charge in [-0.3, -0.25) is 0 Å². The molecule has 0 amide bonds. The first-order valence-corrected chi connectivity index (χ1v) is 6.41. The van der Waals surface area contributed by atoms with Gasteiger partial charge in [-0.15, -0.1) is 0 Å². The van der Waals surface area contributed by atoms with E-state index in [1.165, 1.54) is 19.2 Å². The lowest BCUT2D eigenvalue weighted by Crippen LogP contribution is -2.06. The molecule has 1 unspecified atom stereocenters. The molecule has 2 aromatic carbocycles. The van der Waals surface area contributed by atoms with Gasteiger partial charge in [0.15, 0.2) is 11.6 Å². The van der Waals surface area contributed by atoms with Gasteiger partial charge >= 0.3 is 0 Å². The minimum Gasteiger partial charge on any atom is -0.494 e. The highest BCUT2D eigenvalue weighted by Crippen LogP contribution is 2.33. The largest absolute Gasteiger partial charge is 0.494 e. The zero-order valence-corrected chi connectivity index (χ0v) is 11.5. The molecule has 1 N–H and O–H groups in total. The molecule has 0 fully saturated rings. The maximum atomic E-state index is 14.2. The molecule has 2 aromatic rings. The van der Waals surface area contributed by atoms with Gasteiger partial charge in [0.05, 0.1) is 13.7 Å². The van der Waals surface area contributed by atoms with E-state index in [0.717, 1.165) is 0 Å². The van der Waals surface area contributed by atoms with Gasteiger partial charge in [-0.1, -0.05) is 30.3 Å². The molecule has 0 bridgehead atoms. The van der Waals surface area contributed by atoms with E-state index in [4.69, 9.17) is 9.47 Å². The van der Waals surface area contributed by atoms with E-state index in [9.17, 15) is 9.50 Å². The van der Waals surface area contributed by atoms with Crippen LogP contribution in [0.25, 0.3) is 0 Å². The van der Waals surface area contributed by atoms with Crippen LogP contribution in [0, 0.1) is 5.82 Å². The summed E-state index contributed by atoms with van der Waals surface area (Å²) in [5.74, 6) is 0.0916. The van der Waals surface area contributed by atoms with E-state index in [1.54, 1.807) is 24.3 Å². The predicted molar refractivity (Wildman–Crippen MR) is 74.6 cm³/mol. The number of benzene rings is 2. The van der Waals surface area contributed by atoms with Crippen LogP contribution in [-0.4, -0.2) is 18.8 Å². The summed E-state index contributed by atoms with van der Waals surface area (Å²) in [7, 11) is 1.39. The predicted octanol–water partition coefficient (Wildman–Crippen LogP) is 3.31. The summed E-state index contributed by atoms with van der Waals surface area (Å²) in [4.78, 5) is 0. The lowest BCUT2D eigenvalue weighted by Gasteiger charge is -2.17. The van der Waals surface area contributed by atoms with E-state index < -0.39 is 11.9 Å². The average molecular weight is 276 g/mol. The third kappa shape index (κ3) is 2.75. The van der Waals surface area contributed by atoms with Crippen molar-refractivity contribution in [2.45, 2.75) is 13.0 Å². The molecule has 3 nitrogen and oxygen atoms in total. The van der Waals surface area contributed by atoms with Gasteiger partial charge in [-0.2, -0.15) is 0 Å². The van der Waals surface area contributed by atoms with Crippen molar-refractivity contribution in [1.82, 2.24) is 0 Å². The van der Waals surface area contributed by atoms with Crippen LogP contribution in [0.15, 0.2) is 42.5 Å². The third-order valence-corrected chi connectivity index (χ3v) is 3.02. The summed E-state index contributed by atoms with van der Waals surface area (Å²) in [5.41, 5.74) is 0.693. The van der Waals surface area contributed by atoms with Gasteiger partial charge < -0.3 is 14.6 Å². The monoisotopic (exact) mass is 276 g/mol. The lowest BCUT2D eigenvalue weighted by molar-refractivity contribution is 0.205. The Labute approximate surface area is 117 Å². The van der Waals surface area contributed by atoms with Crippen LogP contribution in [0.3, 0.4) is 0 Å². The molecule has 20 heavy (non-hydrogen) atoms. The number of aliphatic hydroxyl groups excluding tert-OH is 1. The van der Waals surface area contributed by atoms with Crippen LogP contribution in [0.4, 0.5) is 4.39 Å². The number of halogens is 1. The summed E-state index contributed by atoms with van der Waals surface area (Å²) in [6, 6.07) is 11.7. The molecule has 0 spiro atoms. The first kappa shape index (κ1) is 14.3. The van der Waals surface area contributed by atoms with E-state index in [1.807, 2.05) is 13.0 Å². The highest BCUT2D eigenvalue weighted by molar-refractivity contribution is 5.42. The molecular weight excluding hydrogens is 259 g/mol. The minimum absolute atomic E-state index is 0.107. The van der Waals surface area contributed by atoms with E-state index in [0.29, 0.717) is 17.9 Å². The molecular formula is C16H17FO3. The van der Waals surface area contributed by atoms with Crippen LogP contribution < -0.4 is 9.47 Å². The van der Waals surface area contributed by atoms with Crippen LogP contribution in [0.2, 0.25) is 0 Å². The summed E-state index contributed by atoms with van der Waals surface area (Å²) >= 11 is 0. The zero-order valence-electron chi connectivity index (χ0n) is 11.5. The Hall–Kier alpha value is -2.07. The quantitative estimate of drug-likeness (QED) is 0.910. The van der Waals surface area contributed by atoms with Gasteiger partial charge in [-0.05, 0) is 19.1 Å². The molecule has 4 heteroatoms. The maximum absolute atomic E-state index is 14.2. The SMILES string of the molecule is CCOc1ccccc1C(O)c1cccc(OC)c1F. The summed E-state index contributed by atoms with van der Waals surface area (Å²) < 4.78 is 24.6. The standard InChI is InChI=1S/C16H17FO3/c1-3-20-13-9-5-4-7-11(13)16(18)12-8-6-10-14(19-2)15(12)17/h4-10,16,18H,3H2,1-2H3. The third-order valence-electron chi connectivity index (χ3n) is 3.02. The molecule has 0 aromatic heterocycles. The average Bonchev–Trinajstić information content (AvgIpc) is 2.48. The summed E-state index contributed by atoms with van der Waals surface area (Å²) in [5, 5.41) is 10.4. The maximum Gasteiger partial charge on any atom is 0.171 e. The smallest absolute Gasteiger partial charge is 0.171 e. The molecule has 0 heterocycles. The number of hydrogen-bond donors (Lipinski definition) is 1. The van der Waals surface area contributed by atoms with Crippen molar-refractivity contribution in [2.24, 2.45) is 0 Å². The minimum atomic E-state index is -1.10. The molecule has 0 radical (unpaired) electrons. The van der Waals surface area contributed by atoms with E-state index in [2.05, 4.69) is 0 Å². The molecule has 2 rings (SSSR count). The van der Waals surface area contributed by atoms with Crippen molar-refractivity contribution >= 4 is 0 Å².